The van der Waals surface area contributed by atoms with Gasteiger partial charge in [-0.15, -0.1) is 0 Å². The molecule has 0 radical (unpaired) electrons. The van der Waals surface area contributed by atoms with E-state index in [1.54, 1.807) is 48.5 Å². The van der Waals surface area contributed by atoms with E-state index < -0.39 is 0 Å². The highest BCUT2D eigenvalue weighted by Gasteiger charge is 2.03. The molecule has 0 fully saturated rings. The Morgan fingerprint density at radius 3 is 2.50 bits per heavy atom. The number of rotatable bonds is 5. The number of thiocarbonyl (C=S) groups is 1. The minimum Gasteiger partial charge on any atom is -0.489 e. The number of ether oxygens (including phenoxy) is 1. The van der Waals surface area contributed by atoms with E-state index in [2.05, 4.69) is 0 Å². The minimum absolute atomic E-state index is 0.0578. The molecule has 0 amide bonds. The van der Waals surface area contributed by atoms with Crippen LogP contribution in [0.1, 0.15) is 11.1 Å². The lowest BCUT2D eigenvalue weighted by molar-refractivity contribution is 0.300. The van der Waals surface area contributed by atoms with Gasteiger partial charge in [-0.25, -0.2) is 4.39 Å². The third-order valence-corrected chi connectivity index (χ3v) is 3.15. The van der Waals surface area contributed by atoms with E-state index in [1.165, 1.54) is 6.07 Å². The third kappa shape index (κ3) is 4.14. The fraction of sp³-hybridized carbons (Fsp3) is 0.0588. The number of nitriles is 1. The van der Waals surface area contributed by atoms with Crippen LogP contribution >= 0.6 is 12.2 Å². The van der Waals surface area contributed by atoms with E-state index in [4.69, 9.17) is 28.0 Å². The summed E-state index contributed by atoms with van der Waals surface area (Å²) in [6.07, 6.45) is 1.60. The second-order valence-corrected chi connectivity index (χ2v) is 4.92. The maximum absolute atomic E-state index is 13.5. The van der Waals surface area contributed by atoms with Crippen molar-refractivity contribution in [2.75, 3.05) is 0 Å². The topological polar surface area (TPSA) is 59.0 Å². The van der Waals surface area contributed by atoms with Gasteiger partial charge in [0, 0.05) is 5.56 Å². The summed E-state index contributed by atoms with van der Waals surface area (Å²) in [5, 5.41) is 8.90. The van der Waals surface area contributed by atoms with Crippen molar-refractivity contribution >= 4 is 23.3 Å². The van der Waals surface area contributed by atoms with Gasteiger partial charge in [-0.1, -0.05) is 42.5 Å². The Balaban J connectivity index is 2.05. The minimum atomic E-state index is -0.294. The van der Waals surface area contributed by atoms with Crippen molar-refractivity contribution in [1.29, 1.82) is 5.26 Å². The Bertz CT molecular complexity index is 748. The van der Waals surface area contributed by atoms with Gasteiger partial charge < -0.3 is 10.5 Å². The predicted molar refractivity (Wildman–Crippen MR) is 87.5 cm³/mol. The Kier molecular flexibility index (Phi) is 5.23. The van der Waals surface area contributed by atoms with Gasteiger partial charge in [-0.3, -0.25) is 0 Å². The highest BCUT2D eigenvalue weighted by molar-refractivity contribution is 7.80. The lowest BCUT2D eigenvalue weighted by Gasteiger charge is -2.07. The summed E-state index contributed by atoms with van der Waals surface area (Å²) >= 11 is 4.78. The molecule has 0 aliphatic rings. The van der Waals surface area contributed by atoms with Crippen molar-refractivity contribution in [3.05, 3.63) is 71.0 Å². The summed E-state index contributed by atoms with van der Waals surface area (Å²) in [6, 6.07) is 15.4. The average Bonchev–Trinajstić information content (AvgIpc) is 2.52. The van der Waals surface area contributed by atoms with Crippen molar-refractivity contribution in [1.82, 2.24) is 0 Å². The Labute approximate surface area is 133 Å². The predicted octanol–water partition coefficient (Wildman–Crippen LogP) is 3.60. The van der Waals surface area contributed by atoms with Gasteiger partial charge in [0.2, 0.25) is 0 Å². The van der Waals surface area contributed by atoms with Crippen LogP contribution in [0.15, 0.2) is 54.1 Å². The van der Waals surface area contributed by atoms with Crippen molar-refractivity contribution in [2.24, 2.45) is 5.73 Å². The van der Waals surface area contributed by atoms with E-state index in [0.29, 0.717) is 11.3 Å². The Morgan fingerprint density at radius 1 is 1.23 bits per heavy atom. The first-order chi connectivity index (χ1) is 10.6. The normalized spacial score (nSPS) is 10.8. The number of nitrogens with zero attached hydrogens (tertiary/aromatic N) is 1. The molecule has 2 N–H and O–H groups in total. The Morgan fingerprint density at radius 2 is 1.91 bits per heavy atom. The van der Waals surface area contributed by atoms with Crippen LogP contribution in [0.3, 0.4) is 0 Å². The molecular formula is C17H13FN2OS. The van der Waals surface area contributed by atoms with Crippen LogP contribution in [0.4, 0.5) is 4.39 Å². The largest absolute Gasteiger partial charge is 0.489 e. The highest BCUT2D eigenvalue weighted by atomic mass is 32.1. The fourth-order valence-corrected chi connectivity index (χ4v) is 1.87. The quantitative estimate of drug-likeness (QED) is 0.520. The molecule has 2 aromatic rings. The van der Waals surface area contributed by atoms with E-state index >= 15 is 0 Å². The standard InChI is InChI=1S/C17H13FN2OS/c18-16-4-2-1-3-13(16)11-21-15-7-5-12(6-8-15)9-14(10-19)17(20)22/h1-9H,11H2,(H2,20,22)/b14-9+. The van der Waals surface area contributed by atoms with Gasteiger partial charge in [0.05, 0.1) is 5.57 Å². The van der Waals surface area contributed by atoms with Gasteiger partial charge in [0.1, 0.15) is 29.2 Å². The average molecular weight is 312 g/mol. The smallest absolute Gasteiger partial charge is 0.129 e. The van der Waals surface area contributed by atoms with Crippen molar-refractivity contribution in [3.8, 4) is 11.8 Å². The third-order valence-electron chi connectivity index (χ3n) is 2.93. The maximum Gasteiger partial charge on any atom is 0.129 e. The molecule has 5 heteroatoms. The Hall–Kier alpha value is -2.71. The fourth-order valence-electron chi connectivity index (χ4n) is 1.76. The van der Waals surface area contributed by atoms with E-state index in [1.807, 2.05) is 6.07 Å². The monoisotopic (exact) mass is 312 g/mol. The first-order valence-electron chi connectivity index (χ1n) is 6.48. The molecule has 0 aromatic heterocycles. The first-order valence-corrected chi connectivity index (χ1v) is 6.89. The maximum atomic E-state index is 13.5. The zero-order valence-electron chi connectivity index (χ0n) is 11.6. The van der Waals surface area contributed by atoms with Gasteiger partial charge in [-0.2, -0.15) is 5.26 Å². The van der Waals surface area contributed by atoms with Crippen LogP contribution in [0.5, 0.6) is 5.75 Å². The molecule has 0 saturated carbocycles. The summed E-state index contributed by atoms with van der Waals surface area (Å²) in [4.78, 5) is 0.0578. The summed E-state index contributed by atoms with van der Waals surface area (Å²) in [5.41, 5.74) is 6.95. The molecular weight excluding hydrogens is 299 g/mol. The summed E-state index contributed by atoms with van der Waals surface area (Å²) in [5.74, 6) is 0.311. The molecule has 0 heterocycles. The number of hydrogen-bond acceptors (Lipinski definition) is 3. The van der Waals surface area contributed by atoms with E-state index in [9.17, 15) is 4.39 Å². The van der Waals surface area contributed by atoms with Gasteiger partial charge in [-0.05, 0) is 29.8 Å². The molecule has 0 atom stereocenters. The molecule has 110 valence electrons. The SMILES string of the molecule is N#C/C(=C\c1ccc(OCc2ccccc2F)cc1)C(N)=S. The van der Waals surface area contributed by atoms with Crippen molar-refractivity contribution in [3.63, 3.8) is 0 Å². The number of hydrogen-bond donors (Lipinski definition) is 1. The summed E-state index contributed by atoms with van der Waals surface area (Å²) < 4.78 is 19.0. The van der Waals surface area contributed by atoms with Crippen LogP contribution in [0.2, 0.25) is 0 Å². The number of halogens is 1. The summed E-state index contributed by atoms with van der Waals surface area (Å²) in [7, 11) is 0. The lowest BCUT2D eigenvalue weighted by Crippen LogP contribution is -2.09. The first kappa shape index (κ1) is 15.7. The molecule has 22 heavy (non-hydrogen) atoms. The molecule has 2 aromatic carbocycles. The second kappa shape index (κ2) is 7.34. The van der Waals surface area contributed by atoms with Crippen molar-refractivity contribution < 1.29 is 9.13 Å². The molecule has 3 nitrogen and oxygen atoms in total. The molecule has 0 aliphatic carbocycles. The van der Waals surface area contributed by atoms with Gasteiger partial charge >= 0.3 is 0 Å². The van der Waals surface area contributed by atoms with Crippen LogP contribution in [0, 0.1) is 17.1 Å². The van der Waals surface area contributed by atoms with Crippen LogP contribution < -0.4 is 10.5 Å². The molecule has 0 spiro atoms. The second-order valence-electron chi connectivity index (χ2n) is 4.48. The zero-order valence-corrected chi connectivity index (χ0v) is 12.4. The van der Waals surface area contributed by atoms with Crippen LogP contribution in [-0.2, 0) is 6.61 Å². The highest BCUT2D eigenvalue weighted by Crippen LogP contribution is 2.17. The number of nitrogens with two attached hydrogens (primary N) is 1. The summed E-state index contributed by atoms with van der Waals surface area (Å²) in [6.45, 7) is 0.151. The molecule has 0 saturated heterocycles. The number of benzene rings is 2. The van der Waals surface area contributed by atoms with Crippen molar-refractivity contribution in [2.45, 2.75) is 6.61 Å². The zero-order chi connectivity index (χ0) is 15.9. The van der Waals surface area contributed by atoms with E-state index in [-0.39, 0.29) is 23.0 Å². The van der Waals surface area contributed by atoms with E-state index in [0.717, 1.165) is 5.56 Å². The van der Waals surface area contributed by atoms with Gasteiger partial charge in [0.15, 0.2) is 0 Å². The van der Waals surface area contributed by atoms with Crippen LogP contribution in [0.25, 0.3) is 6.08 Å². The lowest BCUT2D eigenvalue weighted by atomic mass is 10.1. The molecule has 0 unspecified atom stereocenters. The molecule has 0 aliphatic heterocycles. The van der Waals surface area contributed by atoms with Crippen LogP contribution in [-0.4, -0.2) is 4.99 Å². The van der Waals surface area contributed by atoms with Gasteiger partial charge in [0.25, 0.3) is 0 Å². The molecule has 2 rings (SSSR count). The molecule has 0 bridgehead atoms.